The van der Waals surface area contributed by atoms with Gasteiger partial charge in [0.05, 0.1) is 0 Å². The molecule has 0 aromatic heterocycles. The van der Waals surface area contributed by atoms with Crippen LogP contribution < -0.4 is 5.32 Å². The molecule has 0 bridgehead atoms. The average molecular weight is 580 g/mol. The summed E-state index contributed by atoms with van der Waals surface area (Å²) < 4.78 is 16.6. The van der Waals surface area contributed by atoms with Gasteiger partial charge in [-0.05, 0) is 63.1 Å². The first-order valence-corrected chi connectivity index (χ1v) is 14.4. The third-order valence-corrected chi connectivity index (χ3v) is 7.68. The SMILES string of the molecule is C[C@@H](C(=O)N[C@H](C(=O)N1Cc2ccccc2[C@H]1C(=O)OCc1ccccc1)C1CCOCC1)N(C)C(=O)OC(C)(C)C. The van der Waals surface area contributed by atoms with Crippen molar-refractivity contribution in [3.63, 3.8) is 0 Å². The fraction of sp³-hybridized carbons (Fsp3) is 0.500. The van der Waals surface area contributed by atoms with Gasteiger partial charge in [-0.2, -0.15) is 0 Å². The molecule has 10 heteroatoms. The molecule has 0 spiro atoms. The molecule has 10 nitrogen and oxygen atoms in total. The van der Waals surface area contributed by atoms with E-state index < -0.39 is 41.7 Å². The number of amides is 3. The molecule has 1 fully saturated rings. The lowest BCUT2D eigenvalue weighted by Crippen LogP contribution is -2.57. The van der Waals surface area contributed by atoms with Crippen LogP contribution in [0.1, 0.15) is 63.3 Å². The number of benzene rings is 2. The summed E-state index contributed by atoms with van der Waals surface area (Å²) in [5.41, 5.74) is 1.67. The maximum Gasteiger partial charge on any atom is 0.410 e. The lowest BCUT2D eigenvalue weighted by molar-refractivity contribution is -0.158. The highest BCUT2D eigenvalue weighted by Crippen LogP contribution is 2.36. The molecule has 0 unspecified atom stereocenters. The van der Waals surface area contributed by atoms with E-state index >= 15 is 0 Å². The van der Waals surface area contributed by atoms with Crippen LogP contribution in [0.15, 0.2) is 54.6 Å². The first-order chi connectivity index (χ1) is 20.0. The summed E-state index contributed by atoms with van der Waals surface area (Å²) in [7, 11) is 1.49. The predicted molar refractivity (Wildman–Crippen MR) is 155 cm³/mol. The van der Waals surface area contributed by atoms with Crippen LogP contribution in [-0.2, 0) is 41.7 Å². The first-order valence-electron chi connectivity index (χ1n) is 14.4. The standard InChI is InChI=1S/C32H41N3O7/c1-21(34(5)31(39)42-32(2,3)4)28(36)33-26(23-15-17-40-18-16-23)29(37)35-19-24-13-9-10-14-25(24)27(35)30(38)41-20-22-11-7-6-8-12-22/h6-14,21,23,26-27H,15-20H2,1-5H3,(H,33,36)/t21-,26-,27-/m0/s1. The second kappa shape index (κ2) is 13.4. The number of carbonyl (C=O) groups excluding carboxylic acids is 4. The van der Waals surface area contributed by atoms with Crippen LogP contribution in [0.3, 0.4) is 0 Å². The third kappa shape index (κ3) is 7.47. The van der Waals surface area contributed by atoms with Gasteiger partial charge >= 0.3 is 12.1 Å². The van der Waals surface area contributed by atoms with Gasteiger partial charge in [-0.15, -0.1) is 0 Å². The van der Waals surface area contributed by atoms with Crippen LogP contribution in [0.4, 0.5) is 4.79 Å². The molecule has 1 saturated heterocycles. The monoisotopic (exact) mass is 579 g/mol. The number of carbonyl (C=O) groups is 4. The summed E-state index contributed by atoms with van der Waals surface area (Å²) in [6.07, 6.45) is 0.489. The lowest BCUT2D eigenvalue weighted by atomic mass is 9.90. The Balaban J connectivity index is 1.56. The largest absolute Gasteiger partial charge is 0.459 e. The molecule has 4 rings (SSSR count). The van der Waals surface area contributed by atoms with Crippen molar-refractivity contribution in [2.75, 3.05) is 20.3 Å². The average Bonchev–Trinajstić information content (AvgIpc) is 3.37. The topological polar surface area (TPSA) is 114 Å². The van der Waals surface area contributed by atoms with Crippen LogP contribution in [0.5, 0.6) is 0 Å². The summed E-state index contributed by atoms with van der Waals surface area (Å²) in [5.74, 6) is -1.61. The van der Waals surface area contributed by atoms with Crippen LogP contribution in [0.25, 0.3) is 0 Å². The molecule has 2 aliphatic rings. The second-order valence-electron chi connectivity index (χ2n) is 11.9. The summed E-state index contributed by atoms with van der Waals surface area (Å²) in [6.45, 7) is 8.04. The van der Waals surface area contributed by atoms with Crippen molar-refractivity contribution in [2.45, 2.75) is 77.4 Å². The Morgan fingerprint density at radius 1 is 1.02 bits per heavy atom. The minimum Gasteiger partial charge on any atom is -0.459 e. The molecular formula is C32H41N3O7. The maximum atomic E-state index is 14.3. The molecule has 2 aliphatic heterocycles. The van der Waals surface area contributed by atoms with Gasteiger partial charge in [0, 0.05) is 26.8 Å². The number of fused-ring (bicyclic) bond motifs is 1. The molecule has 3 atom stereocenters. The molecule has 2 heterocycles. The molecule has 42 heavy (non-hydrogen) atoms. The molecule has 0 aliphatic carbocycles. The van der Waals surface area contributed by atoms with E-state index in [4.69, 9.17) is 14.2 Å². The van der Waals surface area contributed by atoms with Gasteiger partial charge in [-0.25, -0.2) is 9.59 Å². The van der Waals surface area contributed by atoms with Crippen molar-refractivity contribution in [1.29, 1.82) is 0 Å². The second-order valence-corrected chi connectivity index (χ2v) is 11.9. The normalized spacial score (nSPS) is 18.4. The van der Waals surface area contributed by atoms with E-state index in [0.717, 1.165) is 11.1 Å². The minimum atomic E-state index is -0.946. The number of esters is 1. The quantitative estimate of drug-likeness (QED) is 0.471. The van der Waals surface area contributed by atoms with E-state index in [1.807, 2.05) is 54.6 Å². The van der Waals surface area contributed by atoms with E-state index in [2.05, 4.69) is 5.32 Å². The van der Waals surface area contributed by atoms with Crippen molar-refractivity contribution in [1.82, 2.24) is 15.1 Å². The fourth-order valence-electron chi connectivity index (χ4n) is 5.21. The molecule has 0 radical (unpaired) electrons. The molecule has 2 aromatic carbocycles. The Labute approximate surface area is 247 Å². The highest BCUT2D eigenvalue weighted by Gasteiger charge is 2.44. The fourth-order valence-corrected chi connectivity index (χ4v) is 5.21. The Morgan fingerprint density at radius 2 is 1.67 bits per heavy atom. The van der Waals surface area contributed by atoms with Crippen molar-refractivity contribution >= 4 is 23.9 Å². The van der Waals surface area contributed by atoms with Crippen molar-refractivity contribution in [3.8, 4) is 0 Å². The van der Waals surface area contributed by atoms with Crippen LogP contribution >= 0.6 is 0 Å². The maximum absolute atomic E-state index is 14.3. The smallest absolute Gasteiger partial charge is 0.410 e. The number of rotatable bonds is 8. The number of hydrogen-bond donors (Lipinski definition) is 1. The zero-order valence-corrected chi connectivity index (χ0v) is 25.0. The lowest BCUT2D eigenvalue weighted by Gasteiger charge is -2.35. The highest BCUT2D eigenvalue weighted by molar-refractivity contribution is 5.94. The third-order valence-electron chi connectivity index (χ3n) is 7.68. The summed E-state index contributed by atoms with van der Waals surface area (Å²) in [5, 5.41) is 2.92. The van der Waals surface area contributed by atoms with Gasteiger partial charge in [0.25, 0.3) is 0 Å². The first kappa shape index (κ1) is 31.0. The number of hydrogen-bond acceptors (Lipinski definition) is 7. The van der Waals surface area contributed by atoms with Crippen molar-refractivity contribution in [3.05, 3.63) is 71.3 Å². The zero-order valence-electron chi connectivity index (χ0n) is 25.0. The number of nitrogens with one attached hydrogen (secondary N) is 1. The van der Waals surface area contributed by atoms with Gasteiger partial charge in [0.2, 0.25) is 11.8 Å². The van der Waals surface area contributed by atoms with E-state index in [0.29, 0.717) is 31.6 Å². The molecule has 3 amide bonds. The van der Waals surface area contributed by atoms with Crippen LogP contribution in [-0.4, -0.2) is 71.6 Å². The number of ether oxygens (including phenoxy) is 3. The Bertz CT molecular complexity index is 1270. The van der Waals surface area contributed by atoms with Gasteiger partial charge in [-0.3, -0.25) is 14.5 Å². The minimum absolute atomic E-state index is 0.0784. The van der Waals surface area contributed by atoms with Gasteiger partial charge in [-0.1, -0.05) is 54.6 Å². The van der Waals surface area contributed by atoms with Gasteiger partial charge < -0.3 is 24.4 Å². The van der Waals surface area contributed by atoms with E-state index in [9.17, 15) is 19.2 Å². The molecule has 0 saturated carbocycles. The van der Waals surface area contributed by atoms with E-state index in [1.54, 1.807) is 27.7 Å². The molecule has 226 valence electrons. The molecule has 2 aromatic rings. The van der Waals surface area contributed by atoms with Crippen LogP contribution in [0, 0.1) is 5.92 Å². The summed E-state index contributed by atoms with van der Waals surface area (Å²) in [6, 6.07) is 14.0. The highest BCUT2D eigenvalue weighted by atomic mass is 16.6. The number of nitrogens with zero attached hydrogens (tertiary/aromatic N) is 2. The predicted octanol–water partition coefficient (Wildman–Crippen LogP) is 3.98. The summed E-state index contributed by atoms with van der Waals surface area (Å²) in [4.78, 5) is 56.6. The Morgan fingerprint density at radius 3 is 2.33 bits per heavy atom. The molecular weight excluding hydrogens is 538 g/mol. The Hall–Kier alpha value is -3.92. The van der Waals surface area contributed by atoms with Crippen LogP contribution in [0.2, 0.25) is 0 Å². The van der Waals surface area contributed by atoms with Crippen molar-refractivity contribution < 1.29 is 33.4 Å². The zero-order chi connectivity index (χ0) is 30.4. The summed E-state index contributed by atoms with van der Waals surface area (Å²) >= 11 is 0. The molecule has 1 N–H and O–H groups in total. The van der Waals surface area contributed by atoms with Gasteiger partial charge in [0.1, 0.15) is 24.3 Å². The van der Waals surface area contributed by atoms with Crippen molar-refractivity contribution in [2.24, 2.45) is 5.92 Å². The Kier molecular flexibility index (Phi) is 9.88. The van der Waals surface area contributed by atoms with E-state index in [1.165, 1.54) is 16.8 Å². The van der Waals surface area contributed by atoms with E-state index in [-0.39, 0.29) is 25.0 Å². The van der Waals surface area contributed by atoms with Gasteiger partial charge in [0.15, 0.2) is 6.04 Å². The number of likely N-dealkylation sites (N-methyl/N-ethyl adjacent to an activating group) is 1.